The van der Waals surface area contributed by atoms with Crippen molar-refractivity contribution in [3.63, 3.8) is 0 Å². The van der Waals surface area contributed by atoms with Gasteiger partial charge in [-0.25, -0.2) is 4.79 Å². The fourth-order valence-electron chi connectivity index (χ4n) is 2.72. The first kappa shape index (κ1) is 30.5. The van der Waals surface area contributed by atoms with E-state index in [0.29, 0.717) is 0 Å². The van der Waals surface area contributed by atoms with E-state index in [9.17, 15) is 29.4 Å². The van der Waals surface area contributed by atoms with Crippen molar-refractivity contribution < 1.29 is 29.4 Å². The molecule has 0 unspecified atom stereocenters. The number of amides is 3. The summed E-state index contributed by atoms with van der Waals surface area (Å²) in [6, 6.07) is -4.87. The highest BCUT2D eigenvalue weighted by Crippen LogP contribution is 2.19. The largest absolute Gasteiger partial charge is 0.480 e. The van der Waals surface area contributed by atoms with E-state index >= 15 is 0 Å². The number of nitrogens with two attached hydrogens (primary N) is 1. The topological polar surface area (TPSA) is 171 Å². The van der Waals surface area contributed by atoms with Crippen molar-refractivity contribution in [3.8, 4) is 0 Å². The number of carbonyl (C=O) groups is 4. The van der Waals surface area contributed by atoms with Crippen LogP contribution in [0.25, 0.3) is 0 Å². The van der Waals surface area contributed by atoms with Gasteiger partial charge in [-0.3, -0.25) is 14.4 Å². The number of carbonyl (C=O) groups excluding carboxylic acids is 3. The number of aliphatic hydroxyl groups excluding tert-OH is 1. The third kappa shape index (κ3) is 9.97. The molecule has 10 nitrogen and oxygen atoms in total. The van der Waals surface area contributed by atoms with Gasteiger partial charge in [-0.1, -0.05) is 13.8 Å². The van der Waals surface area contributed by atoms with E-state index < -0.39 is 63.5 Å². The van der Waals surface area contributed by atoms with E-state index in [4.69, 9.17) is 5.73 Å². The zero-order chi connectivity index (χ0) is 25.6. The summed E-state index contributed by atoms with van der Waals surface area (Å²) in [6.07, 6.45) is -1.10. The van der Waals surface area contributed by atoms with Gasteiger partial charge >= 0.3 is 5.97 Å². The Hall–Kier alpha value is -1.50. The molecule has 7 N–H and O–H groups in total. The Labute approximate surface area is 200 Å². The summed E-state index contributed by atoms with van der Waals surface area (Å²) in [7, 11) is 0. The highest BCUT2D eigenvalue weighted by Gasteiger charge is 2.38. The van der Waals surface area contributed by atoms with Crippen molar-refractivity contribution in [2.45, 2.75) is 94.7 Å². The number of hydrogen-bond donors (Lipinski definition) is 8. The second-order valence-electron chi connectivity index (χ2n) is 9.48. The predicted molar refractivity (Wildman–Crippen MR) is 129 cm³/mol. The van der Waals surface area contributed by atoms with E-state index in [0.717, 1.165) is 0 Å². The summed E-state index contributed by atoms with van der Waals surface area (Å²) in [5, 5.41) is 26.7. The van der Waals surface area contributed by atoms with Gasteiger partial charge in [0, 0.05) is 9.49 Å². The quantitative estimate of drug-likeness (QED) is 0.172. The molecule has 0 radical (unpaired) electrons. The predicted octanol–water partition coefficient (Wildman–Crippen LogP) is -0.304. The number of carboxylic acids is 1. The van der Waals surface area contributed by atoms with E-state index in [1.165, 1.54) is 20.8 Å². The molecule has 0 aromatic carbocycles. The van der Waals surface area contributed by atoms with Crippen LogP contribution in [0, 0.1) is 5.92 Å². The third-order valence-electron chi connectivity index (χ3n) is 4.69. The fourth-order valence-corrected chi connectivity index (χ4v) is 3.01. The Bertz CT molecular complexity index is 689. The maximum Gasteiger partial charge on any atom is 0.327 e. The molecule has 0 aliphatic heterocycles. The average Bonchev–Trinajstić information content (AvgIpc) is 2.59. The SMILES string of the molecule is CC(C)C[C@H](NC(=O)[C@H](N)C(C)(C)S)C(=O)N[C@H](C(=O)N[C@@H](C(=O)O)C(C)(C)S)[C@@H](C)O. The van der Waals surface area contributed by atoms with Gasteiger partial charge in [0.1, 0.15) is 18.1 Å². The normalized spacial score (nSPS) is 17.0. The minimum atomic E-state index is -1.46. The lowest BCUT2D eigenvalue weighted by Gasteiger charge is -2.31. The Morgan fingerprint density at radius 3 is 1.72 bits per heavy atom. The minimum absolute atomic E-state index is 0.00600. The second-order valence-corrected chi connectivity index (χ2v) is 11.8. The van der Waals surface area contributed by atoms with Crippen LogP contribution in [0.15, 0.2) is 0 Å². The Morgan fingerprint density at radius 1 is 0.875 bits per heavy atom. The number of thiol groups is 2. The molecule has 0 aromatic heterocycles. The van der Waals surface area contributed by atoms with Crippen LogP contribution in [-0.2, 0) is 19.2 Å². The molecule has 0 fully saturated rings. The van der Waals surface area contributed by atoms with Gasteiger partial charge in [-0.2, -0.15) is 25.3 Å². The highest BCUT2D eigenvalue weighted by atomic mass is 32.1. The van der Waals surface area contributed by atoms with Crippen molar-refractivity contribution in [1.82, 2.24) is 16.0 Å². The summed E-state index contributed by atoms with van der Waals surface area (Å²) in [5.41, 5.74) is 5.91. The van der Waals surface area contributed by atoms with E-state index in [2.05, 4.69) is 41.2 Å². The summed E-state index contributed by atoms with van der Waals surface area (Å²) in [5.74, 6) is -3.51. The minimum Gasteiger partial charge on any atom is -0.480 e. The molecule has 0 aliphatic carbocycles. The molecular formula is C20H38N4O6S2. The van der Waals surface area contributed by atoms with Crippen LogP contribution in [0.4, 0.5) is 0 Å². The van der Waals surface area contributed by atoms with Crippen LogP contribution < -0.4 is 21.7 Å². The molecule has 5 atom stereocenters. The molecule has 0 spiro atoms. The summed E-state index contributed by atoms with van der Waals surface area (Å²) in [6.45, 7) is 11.3. The summed E-state index contributed by atoms with van der Waals surface area (Å²) >= 11 is 8.48. The molecule has 0 rings (SSSR count). The van der Waals surface area contributed by atoms with Gasteiger partial charge in [0.2, 0.25) is 17.7 Å². The standard InChI is InChI=1S/C20H38N4O6S2/c1-9(2)8-11(22-17(28)13(21)19(4,5)31)15(26)23-12(10(3)25)16(27)24-14(18(29)30)20(6,7)32/h9-14,25,31-32H,8,21H2,1-7H3,(H,22,28)(H,23,26)(H,24,27)(H,29,30)/t10-,11+,12+,13+,14+/m1/s1. The molecule has 3 amide bonds. The Balaban J connectivity index is 5.60. The number of carboxylic acid groups (broad SMARTS) is 1. The van der Waals surface area contributed by atoms with E-state index in [1.807, 2.05) is 13.8 Å². The molecule has 0 heterocycles. The molecule has 0 bridgehead atoms. The van der Waals surface area contributed by atoms with E-state index in [1.54, 1.807) is 13.8 Å². The van der Waals surface area contributed by atoms with Crippen molar-refractivity contribution in [2.75, 3.05) is 0 Å². The lowest BCUT2D eigenvalue weighted by molar-refractivity contribution is -0.143. The van der Waals surface area contributed by atoms with Crippen LogP contribution in [-0.4, -0.2) is 73.7 Å². The molecule has 32 heavy (non-hydrogen) atoms. The number of rotatable bonds is 12. The molecule has 186 valence electrons. The van der Waals surface area contributed by atoms with Gasteiger partial charge in [0.15, 0.2) is 0 Å². The third-order valence-corrected chi connectivity index (χ3v) is 5.22. The first-order chi connectivity index (χ1) is 14.3. The van der Waals surface area contributed by atoms with Crippen LogP contribution in [0.3, 0.4) is 0 Å². The van der Waals surface area contributed by atoms with Crippen molar-refractivity contribution in [3.05, 3.63) is 0 Å². The summed E-state index contributed by atoms with van der Waals surface area (Å²) in [4.78, 5) is 49.6. The van der Waals surface area contributed by atoms with Crippen LogP contribution in [0.5, 0.6) is 0 Å². The molecule has 12 heteroatoms. The lowest BCUT2D eigenvalue weighted by Crippen LogP contribution is -2.62. The number of aliphatic hydroxyl groups is 1. The number of hydrogen-bond acceptors (Lipinski definition) is 8. The van der Waals surface area contributed by atoms with Gasteiger partial charge in [-0.15, -0.1) is 0 Å². The highest BCUT2D eigenvalue weighted by molar-refractivity contribution is 7.82. The Kier molecular flexibility index (Phi) is 11.5. The maximum absolute atomic E-state index is 12.9. The molecule has 0 aliphatic rings. The number of nitrogens with one attached hydrogen (secondary N) is 3. The first-order valence-corrected chi connectivity index (χ1v) is 11.2. The monoisotopic (exact) mass is 494 g/mol. The smallest absolute Gasteiger partial charge is 0.327 e. The van der Waals surface area contributed by atoms with Crippen LogP contribution >= 0.6 is 25.3 Å². The van der Waals surface area contributed by atoms with Gasteiger partial charge < -0.3 is 31.9 Å². The fraction of sp³-hybridized carbons (Fsp3) is 0.800. The summed E-state index contributed by atoms with van der Waals surface area (Å²) < 4.78 is -1.95. The van der Waals surface area contributed by atoms with Gasteiger partial charge in [0.05, 0.1) is 12.1 Å². The lowest BCUT2D eigenvalue weighted by atomic mass is 9.99. The zero-order valence-corrected chi connectivity index (χ0v) is 21.5. The van der Waals surface area contributed by atoms with Crippen molar-refractivity contribution >= 4 is 48.9 Å². The first-order valence-electron chi connectivity index (χ1n) is 10.3. The molecule has 0 aromatic rings. The van der Waals surface area contributed by atoms with Crippen LogP contribution in [0.1, 0.15) is 54.9 Å². The Morgan fingerprint density at radius 2 is 1.38 bits per heavy atom. The molecular weight excluding hydrogens is 456 g/mol. The van der Waals surface area contributed by atoms with Gasteiger partial charge in [0.25, 0.3) is 0 Å². The molecule has 0 saturated carbocycles. The number of aliphatic carboxylic acids is 1. The van der Waals surface area contributed by atoms with Gasteiger partial charge in [-0.05, 0) is 47.0 Å². The van der Waals surface area contributed by atoms with E-state index in [-0.39, 0.29) is 12.3 Å². The zero-order valence-electron chi connectivity index (χ0n) is 19.7. The van der Waals surface area contributed by atoms with Crippen molar-refractivity contribution in [2.24, 2.45) is 11.7 Å². The van der Waals surface area contributed by atoms with Crippen molar-refractivity contribution in [1.29, 1.82) is 0 Å². The van der Waals surface area contributed by atoms with Crippen LogP contribution in [0.2, 0.25) is 0 Å². The average molecular weight is 495 g/mol. The second kappa shape index (κ2) is 12.1. The maximum atomic E-state index is 12.9. The molecule has 0 saturated heterocycles.